The van der Waals surface area contributed by atoms with E-state index in [1.54, 1.807) is 0 Å². The van der Waals surface area contributed by atoms with Gasteiger partial charge in [0, 0.05) is 13.0 Å². The minimum atomic E-state index is -4.34. The molecule has 98 valence electrons. The molecule has 0 amide bonds. The zero-order valence-corrected chi connectivity index (χ0v) is 9.95. The van der Waals surface area contributed by atoms with Gasteiger partial charge in [-0.25, -0.2) is 13.1 Å². The standard InChI is InChI=1S/C8H16F3NO3S/c1-7(2,13)6-12-16(14,15)5-3-4-8(9,10)11/h12-13H,3-6H2,1-2H3. The van der Waals surface area contributed by atoms with Gasteiger partial charge in [-0.1, -0.05) is 0 Å². The molecule has 0 aromatic carbocycles. The Balaban J connectivity index is 3.99. The van der Waals surface area contributed by atoms with Gasteiger partial charge in [0.15, 0.2) is 0 Å². The van der Waals surface area contributed by atoms with E-state index in [9.17, 15) is 26.7 Å². The van der Waals surface area contributed by atoms with E-state index in [0.29, 0.717) is 0 Å². The second-order valence-electron chi connectivity index (χ2n) is 4.17. The van der Waals surface area contributed by atoms with E-state index in [0.717, 1.165) is 0 Å². The van der Waals surface area contributed by atoms with Gasteiger partial charge in [-0.3, -0.25) is 0 Å². The largest absolute Gasteiger partial charge is 0.389 e. The molecule has 0 aromatic heterocycles. The van der Waals surface area contributed by atoms with Crippen molar-refractivity contribution >= 4 is 10.0 Å². The number of alkyl halides is 3. The molecular weight excluding hydrogens is 247 g/mol. The van der Waals surface area contributed by atoms with E-state index in [-0.39, 0.29) is 6.54 Å². The van der Waals surface area contributed by atoms with Crippen molar-refractivity contribution in [3.63, 3.8) is 0 Å². The Bertz CT molecular complexity index is 305. The fourth-order valence-corrected chi connectivity index (χ4v) is 2.06. The highest BCUT2D eigenvalue weighted by atomic mass is 32.2. The minimum absolute atomic E-state index is 0.221. The Morgan fingerprint density at radius 2 is 1.75 bits per heavy atom. The summed E-state index contributed by atoms with van der Waals surface area (Å²) in [5, 5.41) is 9.23. The molecule has 0 bridgehead atoms. The molecule has 16 heavy (non-hydrogen) atoms. The highest BCUT2D eigenvalue weighted by molar-refractivity contribution is 7.89. The zero-order chi connectivity index (χ0) is 13.0. The second-order valence-corrected chi connectivity index (χ2v) is 6.10. The predicted molar refractivity (Wildman–Crippen MR) is 53.4 cm³/mol. The molecule has 0 aromatic rings. The lowest BCUT2D eigenvalue weighted by atomic mass is 10.1. The number of rotatable bonds is 6. The first-order chi connectivity index (χ1) is 6.91. The fourth-order valence-electron chi connectivity index (χ4n) is 0.821. The summed E-state index contributed by atoms with van der Waals surface area (Å²) in [5.41, 5.74) is -1.23. The molecule has 2 N–H and O–H groups in total. The van der Waals surface area contributed by atoms with E-state index in [4.69, 9.17) is 0 Å². The second kappa shape index (κ2) is 5.33. The van der Waals surface area contributed by atoms with Gasteiger partial charge in [0.1, 0.15) is 0 Å². The lowest BCUT2D eigenvalue weighted by Gasteiger charge is -2.17. The number of halogens is 3. The van der Waals surface area contributed by atoms with E-state index in [2.05, 4.69) is 0 Å². The normalized spacial score (nSPS) is 14.1. The van der Waals surface area contributed by atoms with Gasteiger partial charge in [0.2, 0.25) is 10.0 Å². The third-order valence-corrected chi connectivity index (χ3v) is 3.01. The van der Waals surface area contributed by atoms with E-state index >= 15 is 0 Å². The smallest absolute Gasteiger partial charge is 0.389 e. The Kier molecular flexibility index (Phi) is 5.21. The van der Waals surface area contributed by atoms with Gasteiger partial charge in [0.05, 0.1) is 11.4 Å². The van der Waals surface area contributed by atoms with Gasteiger partial charge in [-0.05, 0) is 20.3 Å². The Labute approximate surface area is 92.9 Å². The molecule has 0 fully saturated rings. The molecule has 0 saturated heterocycles. The maximum atomic E-state index is 11.8. The quantitative estimate of drug-likeness (QED) is 0.752. The van der Waals surface area contributed by atoms with Crippen LogP contribution in [0.15, 0.2) is 0 Å². The van der Waals surface area contributed by atoms with Crippen LogP contribution in [0.25, 0.3) is 0 Å². The molecule has 0 aliphatic carbocycles. The number of hydrogen-bond acceptors (Lipinski definition) is 3. The topological polar surface area (TPSA) is 66.4 Å². The van der Waals surface area contributed by atoms with Crippen LogP contribution >= 0.6 is 0 Å². The van der Waals surface area contributed by atoms with Crippen molar-refractivity contribution in [2.75, 3.05) is 12.3 Å². The Morgan fingerprint density at radius 3 is 2.12 bits per heavy atom. The summed E-state index contributed by atoms with van der Waals surface area (Å²) in [6.45, 7) is 2.57. The van der Waals surface area contributed by atoms with Crippen LogP contribution in [0, 0.1) is 0 Å². The van der Waals surface area contributed by atoms with Crippen LogP contribution in [0.5, 0.6) is 0 Å². The number of nitrogens with one attached hydrogen (secondary N) is 1. The molecule has 0 unspecified atom stereocenters. The first-order valence-corrected chi connectivity index (χ1v) is 6.33. The van der Waals surface area contributed by atoms with Crippen LogP contribution in [-0.4, -0.2) is 37.6 Å². The first-order valence-electron chi connectivity index (χ1n) is 4.68. The number of aliphatic hydroxyl groups is 1. The summed E-state index contributed by atoms with van der Waals surface area (Å²) >= 11 is 0. The van der Waals surface area contributed by atoms with E-state index in [1.807, 2.05) is 4.72 Å². The molecule has 4 nitrogen and oxygen atoms in total. The van der Waals surface area contributed by atoms with E-state index in [1.165, 1.54) is 13.8 Å². The average Bonchev–Trinajstić information content (AvgIpc) is 1.97. The van der Waals surface area contributed by atoms with Crippen molar-refractivity contribution in [1.82, 2.24) is 4.72 Å². The molecule has 0 spiro atoms. The summed E-state index contributed by atoms with van der Waals surface area (Å²) in [6, 6.07) is 0. The van der Waals surface area contributed by atoms with Gasteiger partial charge in [0.25, 0.3) is 0 Å². The molecule has 0 heterocycles. The van der Waals surface area contributed by atoms with Gasteiger partial charge in [-0.15, -0.1) is 0 Å². The highest BCUT2D eigenvalue weighted by Crippen LogP contribution is 2.21. The molecular formula is C8H16F3NO3S. The van der Waals surface area contributed by atoms with E-state index < -0.39 is 40.4 Å². The highest BCUT2D eigenvalue weighted by Gasteiger charge is 2.27. The van der Waals surface area contributed by atoms with Crippen LogP contribution < -0.4 is 4.72 Å². The molecule has 0 aliphatic rings. The predicted octanol–water partition coefficient (Wildman–Crippen LogP) is 1.02. The van der Waals surface area contributed by atoms with Crippen LogP contribution in [0.3, 0.4) is 0 Å². The van der Waals surface area contributed by atoms with Crippen molar-refractivity contribution < 1.29 is 26.7 Å². The third-order valence-electron chi connectivity index (χ3n) is 1.60. The molecule has 0 radical (unpaired) electrons. The molecule has 0 saturated carbocycles. The average molecular weight is 263 g/mol. The summed E-state index contributed by atoms with van der Waals surface area (Å²) in [4.78, 5) is 0. The van der Waals surface area contributed by atoms with Gasteiger partial charge < -0.3 is 5.11 Å². The third kappa shape index (κ3) is 10.2. The van der Waals surface area contributed by atoms with Gasteiger partial charge >= 0.3 is 6.18 Å². The lowest BCUT2D eigenvalue weighted by molar-refractivity contribution is -0.134. The fraction of sp³-hybridized carbons (Fsp3) is 1.00. The van der Waals surface area contributed by atoms with Crippen LogP contribution in [0.2, 0.25) is 0 Å². The molecule has 8 heteroatoms. The maximum absolute atomic E-state index is 11.8. The van der Waals surface area contributed by atoms with Crippen molar-refractivity contribution in [2.45, 2.75) is 38.5 Å². The lowest BCUT2D eigenvalue weighted by Crippen LogP contribution is -2.39. The first kappa shape index (κ1) is 15.7. The maximum Gasteiger partial charge on any atom is 0.389 e. The van der Waals surface area contributed by atoms with Crippen molar-refractivity contribution in [3.8, 4) is 0 Å². The molecule has 0 atom stereocenters. The summed E-state index contributed by atoms with van der Waals surface area (Å²) in [5.74, 6) is -0.595. The number of hydrogen-bond donors (Lipinski definition) is 2. The summed E-state index contributed by atoms with van der Waals surface area (Å²) in [6.07, 6.45) is -5.95. The molecule has 0 aliphatic heterocycles. The summed E-state index contributed by atoms with van der Waals surface area (Å²) < 4.78 is 59.6. The Morgan fingerprint density at radius 1 is 1.25 bits per heavy atom. The number of sulfonamides is 1. The minimum Gasteiger partial charge on any atom is -0.389 e. The van der Waals surface area contributed by atoms with Crippen LogP contribution in [0.1, 0.15) is 26.7 Å². The zero-order valence-electron chi connectivity index (χ0n) is 9.13. The Hall–Kier alpha value is -0.340. The van der Waals surface area contributed by atoms with Crippen LogP contribution in [-0.2, 0) is 10.0 Å². The summed E-state index contributed by atoms with van der Waals surface area (Å²) in [7, 11) is -3.75. The van der Waals surface area contributed by atoms with Crippen LogP contribution in [0.4, 0.5) is 13.2 Å². The van der Waals surface area contributed by atoms with Crippen molar-refractivity contribution in [3.05, 3.63) is 0 Å². The van der Waals surface area contributed by atoms with Gasteiger partial charge in [-0.2, -0.15) is 13.2 Å². The molecule has 0 rings (SSSR count). The monoisotopic (exact) mass is 263 g/mol. The van der Waals surface area contributed by atoms with Crippen molar-refractivity contribution in [1.29, 1.82) is 0 Å². The SMILES string of the molecule is CC(C)(O)CNS(=O)(=O)CCCC(F)(F)F. The van der Waals surface area contributed by atoms with Crippen molar-refractivity contribution in [2.24, 2.45) is 0 Å².